The molecule has 16 rings (SSSR count). The Bertz CT molecular complexity index is 5110. The van der Waals surface area contributed by atoms with Gasteiger partial charge in [-0.2, -0.15) is 0 Å². The second-order valence-electron chi connectivity index (χ2n) is 29.7. The predicted octanol–water partition coefficient (Wildman–Crippen LogP) is 24.2. The van der Waals surface area contributed by atoms with E-state index in [-0.39, 0.29) is 11.8 Å². The van der Waals surface area contributed by atoms with Gasteiger partial charge >= 0.3 is 0 Å². The number of aromatic nitrogens is 4. The summed E-state index contributed by atoms with van der Waals surface area (Å²) in [6.45, 7) is 8.54. The van der Waals surface area contributed by atoms with E-state index in [9.17, 15) is 1.37 Å². The van der Waals surface area contributed by atoms with Crippen LogP contribution in [0.5, 0.6) is 0 Å². The summed E-state index contributed by atoms with van der Waals surface area (Å²) in [4.78, 5) is 0. The molecule has 104 heavy (non-hydrogen) atoms. The molecule has 12 aromatic rings. The van der Waals surface area contributed by atoms with E-state index in [1.165, 1.54) is 102 Å². The highest BCUT2D eigenvalue weighted by Gasteiger charge is 2.29. The van der Waals surface area contributed by atoms with Crippen LogP contribution < -0.4 is 18.3 Å². The molecule has 0 atom stereocenters. The number of hydrogen-bond donors (Lipinski definition) is 0. The van der Waals surface area contributed by atoms with Gasteiger partial charge in [-0.1, -0.05) is 284 Å². The topological polar surface area (TPSA) is 15.5 Å². The summed E-state index contributed by atoms with van der Waals surface area (Å²) < 4.78 is 63.0. The SMILES string of the molecule is [2H]C([2H])(c1cccc(C)c1-c1ccc(-c2ccccc2)c[n+]1C)C1CCCC1.[2H]C([2H])(c1cccc(C)c1-c1ccc(-c2ccccc2)c[n+]1C)C1CCCCC1.[2H]C1(c2cccc(C)c2-c2ccc(-c3ccccc3)c[n+]2C)CCCC1.[2H]C1(c2cccc(C)c2-c2ccc(-c3ccccc3)c[n+]2C)CCCCC1. The first-order valence-corrected chi connectivity index (χ1v) is 38.8. The number of benzene rings is 8. The maximum Gasteiger partial charge on any atom is 0.212 e. The molecule has 0 unspecified atom stereocenters. The molecule has 0 spiro atoms. The van der Waals surface area contributed by atoms with Crippen LogP contribution in [-0.2, 0) is 40.9 Å². The van der Waals surface area contributed by atoms with Crippen molar-refractivity contribution in [1.29, 1.82) is 0 Å². The predicted molar refractivity (Wildman–Crippen MR) is 436 cm³/mol. The summed E-state index contributed by atoms with van der Waals surface area (Å²) in [5.41, 5.74) is 27.5. The monoisotopic (exact) mass is 1370 g/mol. The van der Waals surface area contributed by atoms with Gasteiger partial charge in [0.05, 0.1) is 22.3 Å². The lowest BCUT2D eigenvalue weighted by molar-refractivity contribution is -0.660. The van der Waals surface area contributed by atoms with Gasteiger partial charge in [-0.15, -0.1) is 0 Å². The van der Waals surface area contributed by atoms with Crippen molar-refractivity contribution < 1.29 is 26.5 Å². The van der Waals surface area contributed by atoms with Gasteiger partial charge < -0.3 is 0 Å². The van der Waals surface area contributed by atoms with Gasteiger partial charge in [0.15, 0.2) is 24.8 Å². The fraction of sp³-hybridized carbons (Fsp3) is 0.320. The molecule has 0 N–H and O–H groups in total. The van der Waals surface area contributed by atoms with Gasteiger partial charge in [0.2, 0.25) is 22.8 Å². The summed E-state index contributed by atoms with van der Waals surface area (Å²) in [5, 5.41) is 0. The highest BCUT2D eigenvalue weighted by Crippen LogP contribution is 2.42. The van der Waals surface area contributed by atoms with E-state index in [1.54, 1.807) is 0 Å². The Morgan fingerprint density at radius 2 is 0.510 bits per heavy atom. The molecule has 0 amide bonds. The Balaban J connectivity index is 0.000000129. The zero-order chi connectivity index (χ0) is 77.2. The van der Waals surface area contributed by atoms with Crippen LogP contribution in [0.15, 0.2) is 267 Å². The summed E-state index contributed by atoms with van der Waals surface area (Å²) in [6, 6.07) is 84.3. The molecule has 4 heteroatoms. The molecule has 0 aliphatic heterocycles. The minimum atomic E-state index is -1.31. The van der Waals surface area contributed by atoms with Gasteiger partial charge in [0.1, 0.15) is 28.2 Å². The van der Waals surface area contributed by atoms with Crippen LogP contribution in [0.4, 0.5) is 0 Å². The Morgan fingerprint density at radius 3 is 0.808 bits per heavy atom. The van der Waals surface area contributed by atoms with Gasteiger partial charge in [0.25, 0.3) is 0 Å². The maximum absolute atomic E-state index is 9.19. The largest absolute Gasteiger partial charge is 0.212 e. The number of aryl methyl sites for hydroxylation is 8. The van der Waals surface area contributed by atoms with Crippen LogP contribution in [0, 0.1) is 39.5 Å². The summed E-state index contributed by atoms with van der Waals surface area (Å²) in [6.07, 6.45) is 25.6. The van der Waals surface area contributed by atoms with Crippen molar-refractivity contribution in [3.05, 3.63) is 312 Å². The minimum absolute atomic E-state index is 0.102. The Labute approximate surface area is 632 Å². The van der Waals surface area contributed by atoms with Crippen LogP contribution in [0.2, 0.25) is 0 Å². The Kier molecular flexibility index (Phi) is 22.1. The molecule has 0 saturated heterocycles. The summed E-state index contributed by atoms with van der Waals surface area (Å²) in [7, 11) is 8.36. The average Bonchev–Trinajstić information content (AvgIpc) is 1.18. The number of nitrogens with zero attached hydrogens (tertiary/aromatic N) is 4. The Morgan fingerprint density at radius 1 is 0.260 bits per heavy atom. The second-order valence-corrected chi connectivity index (χ2v) is 29.7. The summed E-state index contributed by atoms with van der Waals surface area (Å²) in [5.74, 6) is -0.676. The molecule has 0 radical (unpaired) electrons. The molecule has 4 fully saturated rings. The van der Waals surface area contributed by atoms with Gasteiger partial charge in [-0.05, 0) is 181 Å². The van der Waals surface area contributed by atoms with Gasteiger partial charge in [-0.25, -0.2) is 18.3 Å². The van der Waals surface area contributed by atoms with Crippen molar-refractivity contribution in [2.45, 2.75) is 168 Å². The van der Waals surface area contributed by atoms with Crippen LogP contribution in [0.1, 0.15) is 180 Å². The molecule has 4 aromatic heterocycles. The molecule has 4 nitrogen and oxygen atoms in total. The normalized spacial score (nSPS) is 16.7. The van der Waals surface area contributed by atoms with Crippen LogP contribution >= 0.6 is 0 Å². The molecule has 4 aliphatic rings. The van der Waals surface area contributed by atoms with E-state index in [0.29, 0.717) is 0 Å². The fourth-order valence-corrected chi connectivity index (χ4v) is 16.6. The number of pyridine rings is 4. The lowest BCUT2D eigenvalue weighted by Crippen LogP contribution is -2.31. The molecule has 8 aromatic carbocycles. The standard InChI is InChI=1S/C26H30N.2C25H28N.C24H26N/c1-20-10-9-15-23(18-21-11-5-3-6-12-21)26(20)25-17-16-24(19-27(25)2)22-13-7-4-8-14-22;1-19-10-9-15-23(21-13-7-4-8-14-21)25(19)24-17-16-22(18-26(24)2)20-11-5-3-6-12-20;1-19-9-8-14-22(17-20-10-6-7-11-20)25(19)24-16-15-23(18-26(24)2)21-12-4-3-5-13-21;1-18-9-8-14-22(20-12-6-7-13-20)24(18)23-16-15-21(17-25(23)2)19-10-4-3-5-11-19/h4,7-10,13-17,19,21H,3,5-6,11-12,18H2,1-2H3;3,5-6,9-12,15-18,21H,4,7-8,13-14H2,1-2H3;3-5,8-9,12-16,18,20H,6-7,10-11,17H2,1-2H3;3-5,8-11,14-17,20H,6-7,12-13H2,1-2H3/q4*+1/i18D2;21D;17D2;20D. The van der Waals surface area contributed by atoms with Crippen molar-refractivity contribution in [2.24, 2.45) is 40.0 Å². The van der Waals surface area contributed by atoms with Gasteiger partial charge in [0, 0.05) is 54.7 Å². The molecular formula is C100H112N4+4. The van der Waals surface area contributed by atoms with E-state index in [0.717, 1.165) is 148 Å². The van der Waals surface area contributed by atoms with Crippen molar-refractivity contribution in [3.8, 4) is 89.5 Å². The highest BCUT2D eigenvalue weighted by molar-refractivity contribution is 5.73. The van der Waals surface area contributed by atoms with E-state index in [2.05, 4.69) is 299 Å². The van der Waals surface area contributed by atoms with Crippen LogP contribution in [0.3, 0.4) is 0 Å². The molecule has 4 heterocycles. The molecule has 4 aliphatic carbocycles. The van der Waals surface area contributed by atoms with Crippen molar-refractivity contribution >= 4 is 0 Å². The second kappa shape index (κ2) is 35.2. The van der Waals surface area contributed by atoms with Crippen molar-refractivity contribution in [3.63, 3.8) is 0 Å². The minimum Gasteiger partial charge on any atom is -0.200 e. The lowest BCUT2D eigenvalue weighted by atomic mass is 9.80. The van der Waals surface area contributed by atoms with Crippen LogP contribution in [0.25, 0.3) is 89.5 Å². The third-order valence-corrected chi connectivity index (χ3v) is 22.2. The first-order chi connectivity index (χ1) is 53.1. The smallest absolute Gasteiger partial charge is 0.200 e. The molecule has 528 valence electrons. The molecule has 0 bridgehead atoms. The fourth-order valence-electron chi connectivity index (χ4n) is 16.6. The molecular weight excluding hydrogens is 1260 g/mol. The zero-order valence-corrected chi connectivity index (χ0v) is 63.1. The lowest BCUT2D eigenvalue weighted by Gasteiger charge is -2.24. The van der Waals surface area contributed by atoms with E-state index >= 15 is 0 Å². The maximum atomic E-state index is 9.19. The number of hydrogen-bond acceptors (Lipinski definition) is 0. The van der Waals surface area contributed by atoms with E-state index in [1.807, 2.05) is 42.5 Å². The quantitative estimate of drug-likeness (QED) is 0.0965. The van der Waals surface area contributed by atoms with Crippen molar-refractivity contribution in [1.82, 2.24) is 0 Å². The van der Waals surface area contributed by atoms with Crippen molar-refractivity contribution in [2.75, 3.05) is 0 Å². The van der Waals surface area contributed by atoms with Crippen LogP contribution in [-0.4, -0.2) is 0 Å². The first kappa shape index (κ1) is 65.1. The van der Waals surface area contributed by atoms with Gasteiger partial charge in [-0.3, -0.25) is 0 Å². The third kappa shape index (κ3) is 17.8. The third-order valence-electron chi connectivity index (χ3n) is 22.2. The molecule has 4 saturated carbocycles. The summed E-state index contributed by atoms with van der Waals surface area (Å²) >= 11 is 0. The van der Waals surface area contributed by atoms with E-state index in [4.69, 9.17) is 6.85 Å². The Hall–Kier alpha value is -9.64. The highest BCUT2D eigenvalue weighted by atomic mass is 14.9. The number of rotatable bonds is 14. The average molecular weight is 1380 g/mol. The first-order valence-electron chi connectivity index (χ1n) is 41.8. The van der Waals surface area contributed by atoms with E-state index < -0.39 is 24.5 Å². The zero-order valence-electron chi connectivity index (χ0n) is 69.1.